The Kier molecular flexibility index (Phi) is 5.09. The molecule has 0 radical (unpaired) electrons. The zero-order valence-corrected chi connectivity index (χ0v) is 18.0. The first-order valence-corrected chi connectivity index (χ1v) is 11.0. The van der Waals surface area contributed by atoms with Crippen LogP contribution in [0.2, 0.25) is 0 Å². The maximum atomic E-state index is 13.0. The summed E-state index contributed by atoms with van der Waals surface area (Å²) >= 11 is 3.48. The Morgan fingerprint density at radius 1 is 1.00 bits per heavy atom. The quantitative estimate of drug-likeness (QED) is 0.557. The number of carbonyl (C=O) groups is 1. The van der Waals surface area contributed by atoms with E-state index in [0.29, 0.717) is 13.0 Å². The smallest absolute Gasteiger partial charge is 0.410 e. The van der Waals surface area contributed by atoms with Gasteiger partial charge in [0, 0.05) is 16.9 Å². The number of amides is 1. The van der Waals surface area contributed by atoms with E-state index in [1.54, 1.807) is 4.90 Å². The molecule has 30 heavy (non-hydrogen) atoms. The standard InChI is InChI=1S/C25H22BrNO3/c26-17-7-5-6-16(14-17)24-23(28)12-13-27(24)25(29)30-15-22-20-10-3-1-8-18(20)19-9-2-4-11-21(19)22/h1-11,14,22-24,28H,12-13,15H2/t23-,24-/m1/s1. The summed E-state index contributed by atoms with van der Waals surface area (Å²) in [5.74, 6) is 0.0261. The predicted molar refractivity (Wildman–Crippen MR) is 119 cm³/mol. The van der Waals surface area contributed by atoms with Crippen LogP contribution in [0.1, 0.15) is 35.1 Å². The molecule has 1 amide bonds. The highest BCUT2D eigenvalue weighted by molar-refractivity contribution is 9.10. The molecule has 1 N–H and O–H groups in total. The zero-order chi connectivity index (χ0) is 20.7. The van der Waals surface area contributed by atoms with E-state index in [4.69, 9.17) is 4.74 Å². The fourth-order valence-electron chi connectivity index (χ4n) is 4.75. The van der Waals surface area contributed by atoms with Gasteiger partial charge in [0.15, 0.2) is 0 Å². The van der Waals surface area contributed by atoms with Gasteiger partial charge in [-0.25, -0.2) is 4.79 Å². The lowest BCUT2D eigenvalue weighted by molar-refractivity contribution is 0.0741. The van der Waals surface area contributed by atoms with Crippen molar-refractivity contribution in [3.05, 3.63) is 94.0 Å². The van der Waals surface area contributed by atoms with E-state index >= 15 is 0 Å². The van der Waals surface area contributed by atoms with E-state index in [-0.39, 0.29) is 18.6 Å². The molecule has 2 atom stereocenters. The van der Waals surface area contributed by atoms with Crippen molar-refractivity contribution in [3.63, 3.8) is 0 Å². The molecule has 1 saturated heterocycles. The summed E-state index contributed by atoms with van der Waals surface area (Å²) in [7, 11) is 0. The third-order valence-electron chi connectivity index (χ3n) is 6.13. The topological polar surface area (TPSA) is 49.8 Å². The van der Waals surface area contributed by atoms with Crippen LogP contribution in [0.15, 0.2) is 77.3 Å². The lowest BCUT2D eigenvalue weighted by atomic mass is 9.98. The van der Waals surface area contributed by atoms with Gasteiger partial charge >= 0.3 is 6.09 Å². The molecule has 1 aliphatic carbocycles. The Bertz CT molecular complexity index is 1050. The van der Waals surface area contributed by atoms with Gasteiger partial charge in [0.05, 0.1) is 12.1 Å². The number of rotatable bonds is 3. The van der Waals surface area contributed by atoms with E-state index in [2.05, 4.69) is 40.2 Å². The van der Waals surface area contributed by atoms with Crippen LogP contribution in [0, 0.1) is 0 Å². The number of fused-ring (bicyclic) bond motifs is 3. The molecule has 2 aliphatic rings. The third kappa shape index (κ3) is 3.32. The van der Waals surface area contributed by atoms with Gasteiger partial charge in [-0.3, -0.25) is 4.90 Å². The van der Waals surface area contributed by atoms with Gasteiger partial charge in [-0.2, -0.15) is 0 Å². The number of likely N-dealkylation sites (tertiary alicyclic amines) is 1. The first kappa shape index (κ1) is 19.3. The maximum Gasteiger partial charge on any atom is 0.410 e. The predicted octanol–water partition coefficient (Wildman–Crippen LogP) is 5.51. The highest BCUT2D eigenvalue weighted by Crippen LogP contribution is 2.44. The minimum atomic E-state index is -0.597. The average molecular weight is 464 g/mol. The zero-order valence-electron chi connectivity index (χ0n) is 16.4. The molecule has 1 heterocycles. The SMILES string of the molecule is O=C(OCC1c2ccccc2-c2ccccc21)N1CC[C@@H](O)[C@H]1c1cccc(Br)c1. The molecule has 3 aromatic carbocycles. The highest BCUT2D eigenvalue weighted by atomic mass is 79.9. The summed E-state index contributed by atoms with van der Waals surface area (Å²) in [5, 5.41) is 10.5. The fourth-order valence-corrected chi connectivity index (χ4v) is 5.17. The van der Waals surface area contributed by atoms with Gasteiger partial charge in [0.1, 0.15) is 6.61 Å². The number of carbonyl (C=O) groups excluding carboxylic acids is 1. The molecule has 152 valence electrons. The first-order chi connectivity index (χ1) is 14.6. The summed E-state index contributed by atoms with van der Waals surface area (Å²) < 4.78 is 6.74. The molecule has 4 nitrogen and oxygen atoms in total. The molecular weight excluding hydrogens is 442 g/mol. The molecule has 0 saturated carbocycles. The van der Waals surface area contributed by atoms with Gasteiger partial charge in [-0.05, 0) is 46.4 Å². The number of benzene rings is 3. The highest BCUT2D eigenvalue weighted by Gasteiger charge is 2.39. The van der Waals surface area contributed by atoms with Gasteiger partial charge in [0.2, 0.25) is 0 Å². The van der Waals surface area contributed by atoms with Crippen molar-refractivity contribution in [2.24, 2.45) is 0 Å². The molecular formula is C25H22BrNO3. The normalized spacial score (nSPS) is 20.1. The van der Waals surface area contributed by atoms with Crippen molar-refractivity contribution in [1.29, 1.82) is 0 Å². The van der Waals surface area contributed by atoms with Gasteiger partial charge in [0.25, 0.3) is 0 Å². The van der Waals surface area contributed by atoms with Crippen LogP contribution in [0.3, 0.4) is 0 Å². The molecule has 1 aliphatic heterocycles. The van der Waals surface area contributed by atoms with E-state index < -0.39 is 12.1 Å². The van der Waals surface area contributed by atoms with Crippen LogP contribution in [0.5, 0.6) is 0 Å². The molecule has 0 unspecified atom stereocenters. The summed E-state index contributed by atoms with van der Waals surface area (Å²) in [6, 6.07) is 23.9. The molecule has 0 aromatic heterocycles. The van der Waals surface area contributed by atoms with E-state index in [1.807, 2.05) is 48.5 Å². The van der Waals surface area contributed by atoms with Crippen molar-refractivity contribution in [2.45, 2.75) is 24.5 Å². The Hall–Kier alpha value is -2.63. The number of aliphatic hydroxyl groups is 1. The van der Waals surface area contributed by atoms with Crippen LogP contribution >= 0.6 is 15.9 Å². The second-order valence-corrected chi connectivity index (χ2v) is 8.77. The van der Waals surface area contributed by atoms with Crippen molar-refractivity contribution in [3.8, 4) is 11.1 Å². The van der Waals surface area contributed by atoms with Gasteiger partial charge in [-0.15, -0.1) is 0 Å². The summed E-state index contributed by atoms with van der Waals surface area (Å²) in [6.45, 7) is 0.764. The monoisotopic (exact) mass is 463 g/mol. The summed E-state index contributed by atoms with van der Waals surface area (Å²) in [6.07, 6.45) is -0.431. The third-order valence-corrected chi connectivity index (χ3v) is 6.62. The first-order valence-electron chi connectivity index (χ1n) is 10.2. The molecule has 1 fully saturated rings. The molecule has 3 aromatic rings. The number of halogens is 1. The van der Waals surface area contributed by atoms with Crippen LogP contribution in [-0.4, -0.2) is 35.4 Å². The Morgan fingerprint density at radius 2 is 1.67 bits per heavy atom. The van der Waals surface area contributed by atoms with Crippen LogP contribution in [0.4, 0.5) is 4.79 Å². The summed E-state index contributed by atoms with van der Waals surface area (Å²) in [4.78, 5) is 14.7. The van der Waals surface area contributed by atoms with Crippen molar-refractivity contribution < 1.29 is 14.6 Å². The Balaban J connectivity index is 1.36. The second kappa shape index (κ2) is 7.89. The lowest BCUT2D eigenvalue weighted by Gasteiger charge is -2.27. The number of hydrogen-bond acceptors (Lipinski definition) is 3. The van der Waals surface area contributed by atoms with Crippen LogP contribution < -0.4 is 0 Å². The Labute approximate surface area is 184 Å². The van der Waals surface area contributed by atoms with E-state index in [0.717, 1.165) is 10.0 Å². The van der Waals surface area contributed by atoms with Gasteiger partial charge < -0.3 is 9.84 Å². The van der Waals surface area contributed by atoms with Crippen molar-refractivity contribution in [1.82, 2.24) is 4.90 Å². The maximum absolute atomic E-state index is 13.0. The number of hydrogen-bond donors (Lipinski definition) is 1. The molecule has 0 spiro atoms. The fraction of sp³-hybridized carbons (Fsp3) is 0.240. The second-order valence-electron chi connectivity index (χ2n) is 7.85. The number of aliphatic hydroxyl groups excluding tert-OH is 1. The molecule has 0 bridgehead atoms. The Morgan fingerprint density at radius 3 is 2.33 bits per heavy atom. The number of ether oxygens (including phenoxy) is 1. The molecule has 5 rings (SSSR count). The van der Waals surface area contributed by atoms with Gasteiger partial charge in [-0.1, -0.05) is 76.6 Å². The largest absolute Gasteiger partial charge is 0.448 e. The molecule has 5 heteroatoms. The minimum absolute atomic E-state index is 0.0261. The van der Waals surface area contributed by atoms with E-state index in [9.17, 15) is 9.90 Å². The van der Waals surface area contributed by atoms with E-state index in [1.165, 1.54) is 22.3 Å². The van der Waals surface area contributed by atoms with Crippen molar-refractivity contribution >= 4 is 22.0 Å². The number of nitrogens with zero attached hydrogens (tertiary/aromatic N) is 1. The minimum Gasteiger partial charge on any atom is -0.448 e. The summed E-state index contributed by atoms with van der Waals surface area (Å²) in [5.41, 5.74) is 5.70. The average Bonchev–Trinajstić information content (AvgIpc) is 3.30. The van der Waals surface area contributed by atoms with Crippen molar-refractivity contribution in [2.75, 3.05) is 13.2 Å². The van der Waals surface area contributed by atoms with Crippen LogP contribution in [-0.2, 0) is 4.74 Å². The lowest BCUT2D eigenvalue weighted by Crippen LogP contribution is -2.34. The van der Waals surface area contributed by atoms with Crippen LogP contribution in [0.25, 0.3) is 11.1 Å².